The van der Waals surface area contributed by atoms with Crippen LogP contribution in [0.4, 0.5) is 0 Å². The Balaban J connectivity index is 1.78. The third-order valence-electron chi connectivity index (χ3n) is 4.02. The van der Waals surface area contributed by atoms with Gasteiger partial charge in [0.05, 0.1) is 19.4 Å². The van der Waals surface area contributed by atoms with Crippen molar-refractivity contribution in [1.82, 2.24) is 14.7 Å². The number of hydrogen-bond acceptors (Lipinski definition) is 5. The average Bonchev–Trinajstić information content (AvgIpc) is 3.14. The number of nitrogens with zero attached hydrogens (tertiary/aromatic N) is 3. The Morgan fingerprint density at radius 3 is 2.96 bits per heavy atom. The predicted molar refractivity (Wildman–Crippen MR) is 82.6 cm³/mol. The molecule has 1 aliphatic rings. The monoisotopic (exact) mass is 317 g/mol. The Morgan fingerprint density at radius 1 is 1.43 bits per heavy atom. The summed E-state index contributed by atoms with van der Waals surface area (Å²) < 4.78 is 7.03. The predicted octanol–water partition coefficient (Wildman–Crippen LogP) is 0.901. The van der Waals surface area contributed by atoms with E-state index in [9.17, 15) is 15.0 Å². The molecular weight excluding hydrogens is 298 g/mol. The highest BCUT2D eigenvalue weighted by atomic mass is 16.5. The van der Waals surface area contributed by atoms with Crippen LogP contribution in [-0.2, 0) is 11.3 Å². The van der Waals surface area contributed by atoms with Gasteiger partial charge >= 0.3 is 5.97 Å². The van der Waals surface area contributed by atoms with Gasteiger partial charge in [0.15, 0.2) is 0 Å². The third-order valence-corrected chi connectivity index (χ3v) is 4.02. The van der Waals surface area contributed by atoms with Gasteiger partial charge < -0.3 is 14.9 Å². The molecule has 0 unspecified atom stereocenters. The zero-order valence-electron chi connectivity index (χ0n) is 12.8. The van der Waals surface area contributed by atoms with Gasteiger partial charge in [-0.05, 0) is 12.1 Å². The zero-order valence-corrected chi connectivity index (χ0v) is 12.8. The van der Waals surface area contributed by atoms with Gasteiger partial charge in [-0.2, -0.15) is 5.10 Å². The minimum atomic E-state index is -0.904. The van der Waals surface area contributed by atoms with Crippen molar-refractivity contribution in [2.45, 2.75) is 25.1 Å². The highest BCUT2D eigenvalue weighted by Crippen LogP contribution is 2.24. The number of methoxy groups -OCH3 is 1. The van der Waals surface area contributed by atoms with Gasteiger partial charge in [-0.1, -0.05) is 12.1 Å². The lowest BCUT2D eigenvalue weighted by molar-refractivity contribution is -0.142. The molecule has 2 heterocycles. The van der Waals surface area contributed by atoms with Crippen molar-refractivity contribution in [2.24, 2.45) is 0 Å². The fraction of sp³-hybridized carbons (Fsp3) is 0.375. The van der Waals surface area contributed by atoms with E-state index in [0.717, 1.165) is 11.3 Å². The summed E-state index contributed by atoms with van der Waals surface area (Å²) in [5, 5.41) is 23.3. The van der Waals surface area contributed by atoms with E-state index in [1.165, 1.54) is 0 Å². The maximum atomic E-state index is 11.3. The van der Waals surface area contributed by atoms with Crippen LogP contribution < -0.4 is 4.74 Å². The van der Waals surface area contributed by atoms with Crippen LogP contribution in [0.2, 0.25) is 0 Å². The molecule has 0 bridgehead atoms. The van der Waals surface area contributed by atoms with Crippen molar-refractivity contribution >= 4 is 5.97 Å². The van der Waals surface area contributed by atoms with Crippen LogP contribution >= 0.6 is 0 Å². The van der Waals surface area contributed by atoms with Crippen molar-refractivity contribution in [1.29, 1.82) is 0 Å². The molecule has 2 aromatic rings. The minimum absolute atomic E-state index is 0.260. The molecular formula is C16H19N3O4. The topological polar surface area (TPSA) is 87.8 Å². The summed E-state index contributed by atoms with van der Waals surface area (Å²) in [5.41, 5.74) is 1.70. The Bertz CT molecular complexity index is 700. The zero-order chi connectivity index (χ0) is 16.4. The molecule has 1 aromatic heterocycles. The molecule has 3 rings (SSSR count). The number of hydrogen-bond donors (Lipinski definition) is 2. The quantitative estimate of drug-likeness (QED) is 0.852. The highest BCUT2D eigenvalue weighted by Gasteiger charge is 2.35. The van der Waals surface area contributed by atoms with Crippen molar-refractivity contribution < 1.29 is 19.7 Å². The summed E-state index contributed by atoms with van der Waals surface area (Å²) in [6, 6.07) is 6.88. The molecule has 1 fully saturated rings. The Labute approximate surface area is 133 Å². The van der Waals surface area contributed by atoms with Gasteiger partial charge in [-0.25, -0.2) is 4.68 Å². The van der Waals surface area contributed by atoms with Crippen LogP contribution in [0.1, 0.15) is 12.0 Å². The molecule has 122 valence electrons. The number of β-amino-alcohol motifs (C(OH)–C–C–N with tert-alkyl or cyclic N) is 1. The molecule has 0 aliphatic carbocycles. The number of carboxylic acids is 1. The molecule has 0 amide bonds. The van der Waals surface area contributed by atoms with Crippen molar-refractivity contribution in [3.8, 4) is 11.4 Å². The number of carbonyl (C=O) groups is 1. The number of aliphatic hydroxyl groups excluding tert-OH is 1. The normalized spacial score (nSPS) is 21.5. The first-order valence-corrected chi connectivity index (χ1v) is 7.40. The van der Waals surface area contributed by atoms with Gasteiger partial charge in [0.25, 0.3) is 0 Å². The first-order valence-electron chi connectivity index (χ1n) is 7.40. The summed E-state index contributed by atoms with van der Waals surface area (Å²) in [5.74, 6) is -0.194. The van der Waals surface area contributed by atoms with Gasteiger partial charge in [-0.15, -0.1) is 0 Å². The third kappa shape index (κ3) is 3.20. The second-order valence-corrected chi connectivity index (χ2v) is 5.64. The van der Waals surface area contributed by atoms with Gasteiger partial charge in [0.1, 0.15) is 17.5 Å². The molecule has 0 saturated carbocycles. The molecule has 2 N–H and O–H groups in total. The maximum Gasteiger partial charge on any atom is 0.321 e. The number of para-hydroxylation sites is 2. The fourth-order valence-electron chi connectivity index (χ4n) is 2.94. The van der Waals surface area contributed by atoms with E-state index >= 15 is 0 Å². The van der Waals surface area contributed by atoms with E-state index in [1.807, 2.05) is 30.5 Å². The number of aromatic nitrogens is 2. The summed E-state index contributed by atoms with van der Waals surface area (Å²) in [4.78, 5) is 13.0. The van der Waals surface area contributed by atoms with Gasteiger partial charge in [0.2, 0.25) is 0 Å². The Kier molecular flexibility index (Phi) is 4.31. The van der Waals surface area contributed by atoms with E-state index in [1.54, 1.807) is 22.9 Å². The van der Waals surface area contributed by atoms with Crippen molar-refractivity contribution in [3.05, 3.63) is 42.2 Å². The van der Waals surface area contributed by atoms with Crippen LogP contribution in [0.15, 0.2) is 36.7 Å². The second kappa shape index (κ2) is 6.39. The molecule has 7 nitrogen and oxygen atoms in total. The van der Waals surface area contributed by atoms with Gasteiger partial charge in [0, 0.05) is 31.3 Å². The number of ether oxygens (including phenoxy) is 1. The van der Waals surface area contributed by atoms with E-state index in [4.69, 9.17) is 4.74 Å². The number of aliphatic carboxylic acids is 1. The van der Waals surface area contributed by atoms with E-state index in [0.29, 0.717) is 18.8 Å². The highest BCUT2D eigenvalue weighted by molar-refractivity contribution is 5.74. The fourth-order valence-corrected chi connectivity index (χ4v) is 2.94. The molecule has 2 atom stereocenters. The molecule has 1 aliphatic heterocycles. The smallest absolute Gasteiger partial charge is 0.321 e. The minimum Gasteiger partial charge on any atom is -0.494 e. The summed E-state index contributed by atoms with van der Waals surface area (Å²) in [6.45, 7) is 0.792. The number of aliphatic hydroxyl groups is 1. The lowest BCUT2D eigenvalue weighted by atomic mass is 10.2. The van der Waals surface area contributed by atoms with Crippen LogP contribution in [-0.4, -0.2) is 56.7 Å². The SMILES string of the molecule is COc1ccccc1-n1cc(CN2C[C@H](O)C[C@H]2C(=O)O)cn1. The first kappa shape index (κ1) is 15.5. The number of benzene rings is 1. The molecule has 0 spiro atoms. The standard InChI is InChI=1S/C16H19N3O4/c1-23-15-5-3-2-4-13(15)19-9-11(7-17-19)8-18-10-12(20)6-14(18)16(21)22/h2-5,7,9,12,14,20H,6,8,10H2,1H3,(H,21,22)/t12-,14+/m1/s1. The summed E-state index contributed by atoms with van der Waals surface area (Å²) in [7, 11) is 1.60. The summed E-state index contributed by atoms with van der Waals surface area (Å²) >= 11 is 0. The molecule has 1 saturated heterocycles. The largest absolute Gasteiger partial charge is 0.494 e. The van der Waals surface area contributed by atoms with Crippen LogP contribution in [0.5, 0.6) is 5.75 Å². The molecule has 7 heteroatoms. The molecule has 0 radical (unpaired) electrons. The molecule has 23 heavy (non-hydrogen) atoms. The maximum absolute atomic E-state index is 11.3. The lowest BCUT2D eigenvalue weighted by Gasteiger charge is -2.19. The van der Waals surface area contributed by atoms with E-state index in [-0.39, 0.29) is 6.42 Å². The van der Waals surface area contributed by atoms with Crippen LogP contribution in [0, 0.1) is 0 Å². The van der Waals surface area contributed by atoms with Crippen LogP contribution in [0.3, 0.4) is 0 Å². The van der Waals surface area contributed by atoms with E-state index in [2.05, 4.69) is 5.10 Å². The molecule has 1 aromatic carbocycles. The van der Waals surface area contributed by atoms with Crippen LogP contribution in [0.25, 0.3) is 5.69 Å². The van der Waals surface area contributed by atoms with Crippen molar-refractivity contribution in [2.75, 3.05) is 13.7 Å². The number of carboxylic acid groups (broad SMARTS) is 1. The number of rotatable bonds is 5. The Hall–Kier alpha value is -2.38. The Morgan fingerprint density at radius 2 is 2.22 bits per heavy atom. The second-order valence-electron chi connectivity index (χ2n) is 5.64. The summed E-state index contributed by atoms with van der Waals surface area (Å²) in [6.07, 6.45) is 3.22. The lowest BCUT2D eigenvalue weighted by Crippen LogP contribution is -2.35. The first-order chi connectivity index (χ1) is 11.1. The van der Waals surface area contributed by atoms with E-state index < -0.39 is 18.1 Å². The average molecular weight is 317 g/mol. The van der Waals surface area contributed by atoms with Crippen molar-refractivity contribution in [3.63, 3.8) is 0 Å². The number of likely N-dealkylation sites (tertiary alicyclic amines) is 1. The van der Waals surface area contributed by atoms with Gasteiger partial charge in [-0.3, -0.25) is 9.69 Å².